The van der Waals surface area contributed by atoms with Crippen LogP contribution < -0.4 is 9.47 Å². The molecule has 124 valence electrons. The van der Waals surface area contributed by atoms with Gasteiger partial charge in [0.15, 0.2) is 11.5 Å². The fourth-order valence-electron chi connectivity index (χ4n) is 2.91. The number of carbonyl (C=O) groups is 2. The highest BCUT2D eigenvalue weighted by Gasteiger charge is 2.22. The lowest BCUT2D eigenvalue weighted by atomic mass is 10.1. The number of amides is 2. The van der Waals surface area contributed by atoms with Gasteiger partial charge < -0.3 is 19.3 Å². The average Bonchev–Trinajstić information content (AvgIpc) is 2.93. The van der Waals surface area contributed by atoms with Crippen molar-refractivity contribution in [3.05, 3.63) is 23.8 Å². The number of hydrogen-bond acceptors (Lipinski definition) is 4. The van der Waals surface area contributed by atoms with Crippen LogP contribution in [0.5, 0.6) is 11.5 Å². The van der Waals surface area contributed by atoms with Crippen LogP contribution in [0.2, 0.25) is 0 Å². The number of benzene rings is 1. The first kappa shape index (κ1) is 15.6. The predicted octanol–water partition coefficient (Wildman–Crippen LogP) is 1.54. The SMILES string of the molecule is CC(=O)N1CCCN(C(=O)c2ccc3c(c2)OCCCO3)CC1. The zero-order valence-electron chi connectivity index (χ0n) is 13.4. The summed E-state index contributed by atoms with van der Waals surface area (Å²) in [6, 6.07) is 5.34. The van der Waals surface area contributed by atoms with Gasteiger partial charge in [0.2, 0.25) is 5.91 Å². The normalized spacial score (nSPS) is 18.1. The first-order valence-corrected chi connectivity index (χ1v) is 8.09. The fourth-order valence-corrected chi connectivity index (χ4v) is 2.91. The van der Waals surface area contributed by atoms with Gasteiger partial charge in [-0.1, -0.05) is 0 Å². The van der Waals surface area contributed by atoms with E-state index >= 15 is 0 Å². The van der Waals surface area contributed by atoms with E-state index in [2.05, 4.69) is 0 Å². The molecule has 0 atom stereocenters. The van der Waals surface area contributed by atoms with Crippen molar-refractivity contribution in [1.29, 1.82) is 0 Å². The number of nitrogens with zero attached hydrogens (tertiary/aromatic N) is 2. The topological polar surface area (TPSA) is 59.1 Å². The molecule has 23 heavy (non-hydrogen) atoms. The van der Waals surface area contributed by atoms with E-state index in [1.807, 2.05) is 4.90 Å². The lowest BCUT2D eigenvalue weighted by Gasteiger charge is -2.21. The summed E-state index contributed by atoms with van der Waals surface area (Å²) in [5, 5.41) is 0. The summed E-state index contributed by atoms with van der Waals surface area (Å²) in [5.41, 5.74) is 0.602. The van der Waals surface area contributed by atoms with Gasteiger partial charge in [-0.2, -0.15) is 0 Å². The Kier molecular flexibility index (Phi) is 4.69. The van der Waals surface area contributed by atoms with Crippen molar-refractivity contribution in [3.63, 3.8) is 0 Å². The highest BCUT2D eigenvalue weighted by Crippen LogP contribution is 2.30. The molecule has 0 saturated carbocycles. The molecule has 1 fully saturated rings. The minimum absolute atomic E-state index is 0.0222. The molecule has 1 aromatic carbocycles. The van der Waals surface area contributed by atoms with Gasteiger partial charge >= 0.3 is 0 Å². The summed E-state index contributed by atoms with van der Waals surface area (Å²) in [6.45, 7) is 5.33. The zero-order valence-corrected chi connectivity index (χ0v) is 13.4. The Morgan fingerprint density at radius 2 is 1.61 bits per heavy atom. The minimum atomic E-state index is -0.0222. The Hall–Kier alpha value is -2.24. The summed E-state index contributed by atoms with van der Waals surface area (Å²) in [5.74, 6) is 1.37. The van der Waals surface area contributed by atoms with Gasteiger partial charge in [-0.25, -0.2) is 0 Å². The Morgan fingerprint density at radius 1 is 0.913 bits per heavy atom. The molecule has 1 aromatic rings. The molecular weight excluding hydrogens is 296 g/mol. The van der Waals surface area contributed by atoms with Crippen molar-refractivity contribution >= 4 is 11.8 Å². The summed E-state index contributed by atoms with van der Waals surface area (Å²) < 4.78 is 11.2. The number of fused-ring (bicyclic) bond motifs is 1. The molecule has 0 radical (unpaired) electrons. The van der Waals surface area contributed by atoms with Gasteiger partial charge in [0.25, 0.3) is 5.91 Å². The second kappa shape index (κ2) is 6.89. The fraction of sp³-hybridized carbons (Fsp3) is 0.529. The van der Waals surface area contributed by atoms with Gasteiger partial charge in [0.1, 0.15) is 0 Å². The van der Waals surface area contributed by atoms with Crippen LogP contribution >= 0.6 is 0 Å². The van der Waals surface area contributed by atoms with Crippen molar-refractivity contribution in [1.82, 2.24) is 9.80 Å². The molecule has 0 bridgehead atoms. The third kappa shape index (κ3) is 3.57. The van der Waals surface area contributed by atoms with Gasteiger partial charge in [0.05, 0.1) is 13.2 Å². The Balaban J connectivity index is 1.72. The molecule has 2 heterocycles. The van der Waals surface area contributed by atoms with E-state index in [0.29, 0.717) is 56.5 Å². The largest absolute Gasteiger partial charge is 0.490 e. The second-order valence-electron chi connectivity index (χ2n) is 5.86. The van der Waals surface area contributed by atoms with Crippen LogP contribution in [0.4, 0.5) is 0 Å². The Bertz CT molecular complexity index is 602. The maximum absolute atomic E-state index is 12.7. The van der Waals surface area contributed by atoms with Crippen molar-refractivity contribution in [2.75, 3.05) is 39.4 Å². The van der Waals surface area contributed by atoms with Crippen LogP contribution in [-0.2, 0) is 4.79 Å². The molecule has 0 spiro atoms. The first-order chi connectivity index (χ1) is 11.1. The van der Waals surface area contributed by atoms with Crippen molar-refractivity contribution in [3.8, 4) is 11.5 Å². The zero-order chi connectivity index (χ0) is 16.2. The molecular formula is C17H22N2O4. The molecule has 2 amide bonds. The lowest BCUT2D eigenvalue weighted by molar-refractivity contribution is -0.128. The maximum Gasteiger partial charge on any atom is 0.254 e. The molecule has 0 aliphatic carbocycles. The number of rotatable bonds is 1. The third-order valence-electron chi connectivity index (χ3n) is 4.22. The Labute approximate surface area is 136 Å². The van der Waals surface area contributed by atoms with E-state index in [1.54, 1.807) is 30.0 Å². The lowest BCUT2D eigenvalue weighted by Crippen LogP contribution is -2.36. The van der Waals surface area contributed by atoms with Crippen LogP contribution in [0.25, 0.3) is 0 Å². The van der Waals surface area contributed by atoms with E-state index in [0.717, 1.165) is 12.8 Å². The molecule has 1 saturated heterocycles. The quantitative estimate of drug-likeness (QED) is 0.788. The summed E-state index contributed by atoms with van der Waals surface area (Å²) >= 11 is 0. The molecule has 0 unspecified atom stereocenters. The van der Waals surface area contributed by atoms with E-state index in [9.17, 15) is 9.59 Å². The second-order valence-corrected chi connectivity index (χ2v) is 5.86. The molecule has 6 nitrogen and oxygen atoms in total. The van der Waals surface area contributed by atoms with Crippen LogP contribution in [-0.4, -0.2) is 61.0 Å². The monoisotopic (exact) mass is 318 g/mol. The van der Waals surface area contributed by atoms with Gasteiger partial charge in [-0.15, -0.1) is 0 Å². The predicted molar refractivity (Wildman–Crippen MR) is 84.8 cm³/mol. The van der Waals surface area contributed by atoms with E-state index in [-0.39, 0.29) is 11.8 Å². The van der Waals surface area contributed by atoms with E-state index in [1.165, 1.54) is 0 Å². The first-order valence-electron chi connectivity index (χ1n) is 8.09. The standard InChI is InChI=1S/C17H22N2O4/c1-13(20)18-6-2-7-19(9-8-18)17(21)14-4-5-15-16(12-14)23-11-3-10-22-15/h4-5,12H,2-3,6-11H2,1H3. The molecule has 0 N–H and O–H groups in total. The molecule has 2 aliphatic rings. The molecule has 2 aliphatic heterocycles. The summed E-state index contributed by atoms with van der Waals surface area (Å²) in [6.07, 6.45) is 1.64. The van der Waals surface area contributed by atoms with Crippen molar-refractivity contribution in [2.24, 2.45) is 0 Å². The number of carbonyl (C=O) groups excluding carboxylic acids is 2. The van der Waals surface area contributed by atoms with Crippen molar-refractivity contribution in [2.45, 2.75) is 19.8 Å². The van der Waals surface area contributed by atoms with Crippen LogP contribution in [0.1, 0.15) is 30.1 Å². The summed E-state index contributed by atoms with van der Waals surface area (Å²) in [7, 11) is 0. The van der Waals surface area contributed by atoms with Gasteiger partial charge in [-0.3, -0.25) is 9.59 Å². The van der Waals surface area contributed by atoms with E-state index < -0.39 is 0 Å². The number of ether oxygens (including phenoxy) is 2. The minimum Gasteiger partial charge on any atom is -0.490 e. The van der Waals surface area contributed by atoms with Gasteiger partial charge in [0, 0.05) is 45.1 Å². The van der Waals surface area contributed by atoms with Crippen LogP contribution in [0.3, 0.4) is 0 Å². The molecule has 6 heteroatoms. The smallest absolute Gasteiger partial charge is 0.254 e. The van der Waals surface area contributed by atoms with Gasteiger partial charge in [-0.05, 0) is 24.6 Å². The van der Waals surface area contributed by atoms with Crippen molar-refractivity contribution < 1.29 is 19.1 Å². The Morgan fingerprint density at radius 3 is 2.39 bits per heavy atom. The molecule has 0 aromatic heterocycles. The maximum atomic E-state index is 12.7. The highest BCUT2D eigenvalue weighted by atomic mass is 16.5. The van der Waals surface area contributed by atoms with E-state index in [4.69, 9.17) is 9.47 Å². The highest BCUT2D eigenvalue weighted by molar-refractivity contribution is 5.95. The van der Waals surface area contributed by atoms with Crippen LogP contribution in [0, 0.1) is 0 Å². The third-order valence-corrected chi connectivity index (χ3v) is 4.22. The van der Waals surface area contributed by atoms with Crippen LogP contribution in [0.15, 0.2) is 18.2 Å². The number of hydrogen-bond donors (Lipinski definition) is 0. The average molecular weight is 318 g/mol. The summed E-state index contributed by atoms with van der Waals surface area (Å²) in [4.78, 5) is 27.8. The molecule has 3 rings (SSSR count).